The van der Waals surface area contributed by atoms with Crippen molar-refractivity contribution in [1.82, 2.24) is 15.1 Å². The summed E-state index contributed by atoms with van der Waals surface area (Å²) in [6, 6.07) is 10.3. The van der Waals surface area contributed by atoms with Crippen LogP contribution in [0, 0.1) is 0 Å². The van der Waals surface area contributed by atoms with E-state index >= 15 is 0 Å². The van der Waals surface area contributed by atoms with Gasteiger partial charge in [0, 0.05) is 32.7 Å². The smallest absolute Gasteiger partial charge is 0.234 e. The zero-order valence-corrected chi connectivity index (χ0v) is 12.3. The molecular weight excluding hydrogens is 266 g/mol. The second kappa shape index (κ2) is 8.42. The highest BCUT2D eigenvalue weighted by atomic mass is 16.2. The summed E-state index contributed by atoms with van der Waals surface area (Å²) in [6.45, 7) is 4.11. The molecule has 2 rings (SSSR count). The van der Waals surface area contributed by atoms with Crippen LogP contribution < -0.4 is 5.32 Å². The van der Waals surface area contributed by atoms with Crippen LogP contribution in [0.2, 0.25) is 0 Å². The molecule has 0 aliphatic carbocycles. The minimum absolute atomic E-state index is 0.0719. The summed E-state index contributed by atoms with van der Waals surface area (Å²) < 4.78 is 0. The lowest BCUT2D eigenvalue weighted by molar-refractivity contribution is -0.123. The van der Waals surface area contributed by atoms with Crippen LogP contribution >= 0.6 is 0 Å². The number of amides is 2. The van der Waals surface area contributed by atoms with Crippen molar-refractivity contribution in [2.75, 3.05) is 39.3 Å². The predicted molar refractivity (Wildman–Crippen MR) is 81.8 cm³/mol. The maximum Gasteiger partial charge on any atom is 0.234 e. The largest absolute Gasteiger partial charge is 0.355 e. The highest BCUT2D eigenvalue weighted by Gasteiger charge is 2.17. The predicted octanol–water partition coefficient (Wildman–Crippen LogP) is 0.509. The van der Waals surface area contributed by atoms with Crippen molar-refractivity contribution in [2.45, 2.75) is 12.8 Å². The van der Waals surface area contributed by atoms with Gasteiger partial charge in [0.25, 0.3) is 0 Å². The molecule has 0 atom stereocenters. The first kappa shape index (κ1) is 15.5. The number of nitrogens with one attached hydrogen (secondary N) is 1. The van der Waals surface area contributed by atoms with Gasteiger partial charge in [0.1, 0.15) is 0 Å². The molecule has 5 heteroatoms. The Labute approximate surface area is 125 Å². The van der Waals surface area contributed by atoms with E-state index in [0.29, 0.717) is 26.2 Å². The normalized spacial score (nSPS) is 15.7. The highest BCUT2D eigenvalue weighted by Crippen LogP contribution is 2.02. The number of carbonyl (C=O) groups is 2. The topological polar surface area (TPSA) is 52.7 Å². The number of piperazine rings is 1. The van der Waals surface area contributed by atoms with Gasteiger partial charge in [-0.2, -0.15) is 0 Å². The molecule has 0 bridgehead atoms. The highest BCUT2D eigenvalue weighted by molar-refractivity contribution is 5.78. The number of rotatable bonds is 7. The Morgan fingerprint density at radius 2 is 1.86 bits per heavy atom. The number of hydrogen-bond acceptors (Lipinski definition) is 3. The molecule has 1 aromatic rings. The third kappa shape index (κ3) is 5.55. The molecule has 1 fully saturated rings. The molecule has 114 valence electrons. The molecule has 1 aliphatic rings. The van der Waals surface area contributed by atoms with Crippen molar-refractivity contribution in [3.8, 4) is 0 Å². The average molecular weight is 289 g/mol. The molecule has 1 N–H and O–H groups in total. The van der Waals surface area contributed by atoms with Crippen LogP contribution in [-0.2, 0) is 16.0 Å². The standard InChI is InChI=1S/C16H23N3O2/c20-14-19-11-9-18(10-12-19)13-16(21)17-8-4-7-15-5-2-1-3-6-15/h1-3,5-6,14H,4,7-13H2,(H,17,21). The summed E-state index contributed by atoms with van der Waals surface area (Å²) in [5.74, 6) is 0.0719. The molecule has 1 aromatic carbocycles. The lowest BCUT2D eigenvalue weighted by Gasteiger charge is -2.31. The van der Waals surface area contributed by atoms with Crippen molar-refractivity contribution in [3.63, 3.8) is 0 Å². The molecule has 21 heavy (non-hydrogen) atoms. The van der Waals surface area contributed by atoms with E-state index in [4.69, 9.17) is 0 Å². The molecule has 2 amide bonds. The molecule has 1 heterocycles. The Morgan fingerprint density at radius 3 is 2.52 bits per heavy atom. The molecule has 0 saturated carbocycles. The number of aryl methyl sites for hydroxylation is 1. The summed E-state index contributed by atoms with van der Waals surface area (Å²) in [5, 5.41) is 2.96. The minimum Gasteiger partial charge on any atom is -0.355 e. The van der Waals surface area contributed by atoms with E-state index in [1.807, 2.05) is 18.2 Å². The summed E-state index contributed by atoms with van der Waals surface area (Å²) in [7, 11) is 0. The number of hydrogen-bond donors (Lipinski definition) is 1. The molecule has 1 saturated heterocycles. The van der Waals surface area contributed by atoms with Crippen LogP contribution in [0.15, 0.2) is 30.3 Å². The first-order valence-corrected chi connectivity index (χ1v) is 7.50. The molecule has 0 spiro atoms. The van der Waals surface area contributed by atoms with Gasteiger partial charge < -0.3 is 10.2 Å². The van der Waals surface area contributed by atoms with E-state index in [2.05, 4.69) is 22.3 Å². The second-order valence-electron chi connectivity index (χ2n) is 5.36. The van der Waals surface area contributed by atoms with E-state index < -0.39 is 0 Å². The zero-order chi connectivity index (χ0) is 14.9. The van der Waals surface area contributed by atoms with Crippen molar-refractivity contribution in [3.05, 3.63) is 35.9 Å². The summed E-state index contributed by atoms with van der Waals surface area (Å²) >= 11 is 0. The summed E-state index contributed by atoms with van der Waals surface area (Å²) in [5.41, 5.74) is 1.30. The van der Waals surface area contributed by atoms with E-state index in [1.54, 1.807) is 4.90 Å². The Hall–Kier alpha value is -1.88. The van der Waals surface area contributed by atoms with Gasteiger partial charge in [-0.25, -0.2) is 0 Å². The van der Waals surface area contributed by atoms with Crippen molar-refractivity contribution < 1.29 is 9.59 Å². The molecule has 0 unspecified atom stereocenters. The van der Waals surface area contributed by atoms with Gasteiger partial charge in [-0.3, -0.25) is 14.5 Å². The van der Waals surface area contributed by atoms with E-state index in [0.717, 1.165) is 32.3 Å². The molecular formula is C16H23N3O2. The first-order valence-electron chi connectivity index (χ1n) is 7.50. The first-order chi connectivity index (χ1) is 10.3. The fraction of sp³-hybridized carbons (Fsp3) is 0.500. The van der Waals surface area contributed by atoms with Crippen LogP contribution in [0.3, 0.4) is 0 Å². The third-order valence-electron chi connectivity index (χ3n) is 3.73. The van der Waals surface area contributed by atoms with Gasteiger partial charge in [-0.15, -0.1) is 0 Å². The van der Waals surface area contributed by atoms with Crippen LogP contribution in [0.4, 0.5) is 0 Å². The molecule has 0 aromatic heterocycles. The average Bonchev–Trinajstić information content (AvgIpc) is 2.53. The zero-order valence-electron chi connectivity index (χ0n) is 12.3. The van der Waals surface area contributed by atoms with E-state index in [1.165, 1.54) is 5.56 Å². The van der Waals surface area contributed by atoms with Crippen LogP contribution in [0.5, 0.6) is 0 Å². The number of carbonyl (C=O) groups excluding carboxylic acids is 2. The Kier molecular flexibility index (Phi) is 6.22. The monoisotopic (exact) mass is 289 g/mol. The van der Waals surface area contributed by atoms with Crippen LogP contribution in [-0.4, -0.2) is 61.4 Å². The van der Waals surface area contributed by atoms with Gasteiger partial charge in [-0.1, -0.05) is 30.3 Å². The lowest BCUT2D eigenvalue weighted by Crippen LogP contribution is -2.49. The van der Waals surface area contributed by atoms with Gasteiger partial charge in [0.2, 0.25) is 12.3 Å². The third-order valence-corrected chi connectivity index (χ3v) is 3.73. The maximum atomic E-state index is 11.8. The minimum atomic E-state index is 0.0719. The summed E-state index contributed by atoms with van der Waals surface area (Å²) in [4.78, 5) is 26.3. The molecule has 0 radical (unpaired) electrons. The Morgan fingerprint density at radius 1 is 1.14 bits per heavy atom. The van der Waals surface area contributed by atoms with Gasteiger partial charge in [-0.05, 0) is 18.4 Å². The van der Waals surface area contributed by atoms with E-state index in [9.17, 15) is 9.59 Å². The number of nitrogens with zero attached hydrogens (tertiary/aromatic N) is 2. The lowest BCUT2D eigenvalue weighted by atomic mass is 10.1. The SMILES string of the molecule is O=CN1CCN(CC(=O)NCCCc2ccccc2)CC1. The maximum absolute atomic E-state index is 11.8. The van der Waals surface area contributed by atoms with Crippen molar-refractivity contribution in [1.29, 1.82) is 0 Å². The number of benzene rings is 1. The summed E-state index contributed by atoms with van der Waals surface area (Å²) in [6.07, 6.45) is 2.81. The van der Waals surface area contributed by atoms with Crippen molar-refractivity contribution >= 4 is 12.3 Å². The fourth-order valence-electron chi connectivity index (χ4n) is 2.45. The van der Waals surface area contributed by atoms with Gasteiger partial charge in [0.15, 0.2) is 0 Å². The quantitative estimate of drug-likeness (QED) is 0.588. The molecule has 5 nitrogen and oxygen atoms in total. The fourth-order valence-corrected chi connectivity index (χ4v) is 2.45. The molecule has 1 aliphatic heterocycles. The Bertz CT molecular complexity index is 442. The van der Waals surface area contributed by atoms with Gasteiger partial charge in [0.05, 0.1) is 6.54 Å². The second-order valence-corrected chi connectivity index (χ2v) is 5.36. The van der Waals surface area contributed by atoms with Crippen LogP contribution in [0.25, 0.3) is 0 Å². The van der Waals surface area contributed by atoms with Gasteiger partial charge >= 0.3 is 0 Å². The van der Waals surface area contributed by atoms with Crippen LogP contribution in [0.1, 0.15) is 12.0 Å². The van der Waals surface area contributed by atoms with E-state index in [-0.39, 0.29) is 5.91 Å². The Balaban J connectivity index is 1.57. The van der Waals surface area contributed by atoms with Crippen molar-refractivity contribution in [2.24, 2.45) is 0 Å².